The van der Waals surface area contributed by atoms with Gasteiger partial charge in [-0.05, 0) is 0 Å². The first-order valence-corrected chi connectivity index (χ1v) is 8.20. The number of fused-ring (bicyclic) bond motifs is 2. The molecule has 0 aliphatic rings. The van der Waals surface area contributed by atoms with Crippen LogP contribution in [0.3, 0.4) is 0 Å². The van der Waals surface area contributed by atoms with Gasteiger partial charge in [-0.15, -0.1) is 0 Å². The third kappa shape index (κ3) is 3.40. The first-order valence-electron chi connectivity index (χ1n) is 8.20. The van der Waals surface area contributed by atoms with Gasteiger partial charge in [-0.25, -0.2) is 9.97 Å². The number of anilines is 2. The quantitative estimate of drug-likeness (QED) is 0.153. The predicted octanol–water partition coefficient (Wildman–Crippen LogP) is -1.47. The summed E-state index contributed by atoms with van der Waals surface area (Å²) in [4.78, 5) is 48.3. The minimum absolute atomic E-state index is 0.0973. The SMILES string of the molecule is O=c1[nH]c(NCNc2nc3nc[nH]c3c(=O)[nH]2)nc2c1ncn2COCCO. The average Bonchev–Trinajstić information content (AvgIpc) is 3.30. The molecule has 0 amide bonds. The second-order valence-corrected chi connectivity index (χ2v) is 5.61. The van der Waals surface area contributed by atoms with Gasteiger partial charge in [0, 0.05) is 0 Å². The first kappa shape index (κ1) is 17.6. The molecule has 6 N–H and O–H groups in total. The van der Waals surface area contributed by atoms with Gasteiger partial charge in [0.05, 0.1) is 32.5 Å². The summed E-state index contributed by atoms with van der Waals surface area (Å²) in [5.41, 5.74) is 0.287. The smallest absolute Gasteiger partial charge is 0.280 e. The lowest BCUT2D eigenvalue weighted by molar-refractivity contribution is 0.0499. The number of aliphatic hydroxyl groups is 1. The van der Waals surface area contributed by atoms with Gasteiger partial charge < -0.3 is 25.5 Å². The molecule has 14 nitrogen and oxygen atoms in total. The molecule has 4 rings (SSSR count). The summed E-state index contributed by atoms with van der Waals surface area (Å²) in [5, 5.41) is 14.5. The number of aromatic amines is 3. The van der Waals surface area contributed by atoms with Crippen LogP contribution in [0.5, 0.6) is 0 Å². The Labute approximate surface area is 155 Å². The van der Waals surface area contributed by atoms with E-state index >= 15 is 0 Å². The van der Waals surface area contributed by atoms with Crippen LogP contribution in [0.4, 0.5) is 11.9 Å². The van der Waals surface area contributed by atoms with E-state index in [1.165, 1.54) is 12.7 Å². The molecule has 0 fully saturated rings. The maximum absolute atomic E-state index is 12.2. The van der Waals surface area contributed by atoms with Crippen molar-refractivity contribution in [1.29, 1.82) is 0 Å². The highest BCUT2D eigenvalue weighted by Crippen LogP contribution is 2.08. The largest absolute Gasteiger partial charge is 0.394 e. The van der Waals surface area contributed by atoms with Crippen molar-refractivity contribution in [3.8, 4) is 0 Å². The molecule has 4 aromatic rings. The number of H-pyrrole nitrogens is 3. The molecule has 14 heteroatoms. The van der Waals surface area contributed by atoms with Gasteiger partial charge in [0.1, 0.15) is 6.73 Å². The van der Waals surface area contributed by atoms with Crippen LogP contribution in [0.15, 0.2) is 22.2 Å². The van der Waals surface area contributed by atoms with E-state index in [0.717, 1.165) is 0 Å². The van der Waals surface area contributed by atoms with Crippen molar-refractivity contribution >= 4 is 34.2 Å². The normalized spacial score (nSPS) is 11.3. The summed E-state index contributed by atoms with van der Waals surface area (Å²) >= 11 is 0. The van der Waals surface area contributed by atoms with Gasteiger partial charge in [-0.2, -0.15) is 9.97 Å². The predicted molar refractivity (Wildman–Crippen MR) is 97.8 cm³/mol. The second kappa shape index (κ2) is 7.45. The minimum Gasteiger partial charge on any atom is -0.394 e. The van der Waals surface area contributed by atoms with Gasteiger partial charge in [-0.3, -0.25) is 24.1 Å². The van der Waals surface area contributed by atoms with Crippen molar-refractivity contribution in [1.82, 2.24) is 39.5 Å². The summed E-state index contributed by atoms with van der Waals surface area (Å²) in [7, 11) is 0. The molecule has 0 atom stereocenters. The molecular formula is C14H16N10O4. The first-order chi connectivity index (χ1) is 13.7. The number of hydrogen-bond donors (Lipinski definition) is 6. The van der Waals surface area contributed by atoms with Crippen molar-refractivity contribution in [2.75, 3.05) is 30.5 Å². The molecule has 0 saturated heterocycles. The van der Waals surface area contributed by atoms with Crippen molar-refractivity contribution in [3.05, 3.63) is 33.4 Å². The van der Waals surface area contributed by atoms with Gasteiger partial charge >= 0.3 is 0 Å². The molecule has 4 aromatic heterocycles. The number of ether oxygens (including phenoxy) is 1. The topological polar surface area (TPSA) is 192 Å². The maximum atomic E-state index is 12.2. The van der Waals surface area contributed by atoms with Crippen LogP contribution in [0.25, 0.3) is 22.3 Å². The van der Waals surface area contributed by atoms with E-state index in [1.807, 2.05) is 0 Å². The van der Waals surface area contributed by atoms with Gasteiger partial charge in [-0.1, -0.05) is 0 Å². The lowest BCUT2D eigenvalue weighted by Gasteiger charge is -2.08. The highest BCUT2D eigenvalue weighted by molar-refractivity contribution is 5.71. The van der Waals surface area contributed by atoms with E-state index in [1.54, 1.807) is 4.57 Å². The highest BCUT2D eigenvalue weighted by Gasteiger charge is 2.10. The van der Waals surface area contributed by atoms with E-state index in [0.29, 0.717) is 5.65 Å². The Morgan fingerprint density at radius 3 is 2.71 bits per heavy atom. The molecule has 0 radical (unpaired) electrons. The Kier molecular flexibility index (Phi) is 4.69. The third-order valence-electron chi connectivity index (χ3n) is 3.75. The third-order valence-corrected chi connectivity index (χ3v) is 3.75. The van der Waals surface area contributed by atoms with Crippen LogP contribution in [0.2, 0.25) is 0 Å². The zero-order valence-corrected chi connectivity index (χ0v) is 14.4. The van der Waals surface area contributed by atoms with Gasteiger partial charge in [0.15, 0.2) is 22.3 Å². The molecular weight excluding hydrogens is 372 g/mol. The van der Waals surface area contributed by atoms with Gasteiger partial charge in [0.2, 0.25) is 11.9 Å². The summed E-state index contributed by atoms with van der Waals surface area (Å²) in [5.74, 6) is 0.403. The van der Waals surface area contributed by atoms with E-state index in [2.05, 4.69) is 45.5 Å². The van der Waals surface area contributed by atoms with Crippen LogP contribution in [-0.2, 0) is 11.5 Å². The molecule has 0 bridgehead atoms. The number of rotatable bonds is 8. The van der Waals surface area contributed by atoms with Crippen LogP contribution < -0.4 is 21.8 Å². The fraction of sp³-hybridized carbons (Fsp3) is 0.286. The summed E-state index contributed by atoms with van der Waals surface area (Å²) in [6.45, 7) is 0.255. The Hall–Kier alpha value is -3.78. The van der Waals surface area contributed by atoms with Crippen LogP contribution >= 0.6 is 0 Å². The zero-order chi connectivity index (χ0) is 19.5. The van der Waals surface area contributed by atoms with E-state index in [-0.39, 0.29) is 60.7 Å². The average molecular weight is 388 g/mol. The monoisotopic (exact) mass is 388 g/mol. The standard InChI is InChI=1S/C14H16N10O4/c25-1-2-28-6-24-5-19-8-10(24)21-14(23-12(8)27)18-4-17-13-20-9-7(11(26)22-13)15-3-16-9/h3,5,25H,1-2,4,6H2,(H2,18,21,23,27)(H3,15,16,17,20,22,26). The molecule has 0 saturated carbocycles. The van der Waals surface area contributed by atoms with Crippen LogP contribution in [-0.4, -0.2) is 64.4 Å². The molecule has 146 valence electrons. The number of imidazole rings is 2. The van der Waals surface area contributed by atoms with E-state index < -0.39 is 5.56 Å². The summed E-state index contributed by atoms with van der Waals surface area (Å²) < 4.78 is 6.78. The van der Waals surface area contributed by atoms with Crippen molar-refractivity contribution in [2.45, 2.75) is 6.73 Å². The summed E-state index contributed by atoms with van der Waals surface area (Å²) in [6, 6.07) is 0. The Morgan fingerprint density at radius 2 is 1.89 bits per heavy atom. The molecule has 0 spiro atoms. The lowest BCUT2D eigenvalue weighted by Crippen LogP contribution is -2.21. The number of hydrogen-bond acceptors (Lipinski definition) is 10. The van der Waals surface area contributed by atoms with Crippen molar-refractivity contribution in [2.24, 2.45) is 0 Å². The van der Waals surface area contributed by atoms with E-state index in [9.17, 15) is 9.59 Å². The molecule has 0 aliphatic heterocycles. The molecule has 0 unspecified atom stereocenters. The maximum Gasteiger partial charge on any atom is 0.280 e. The number of nitrogens with zero attached hydrogens (tertiary/aromatic N) is 5. The number of nitrogens with one attached hydrogen (secondary N) is 5. The fourth-order valence-corrected chi connectivity index (χ4v) is 2.50. The van der Waals surface area contributed by atoms with E-state index in [4.69, 9.17) is 9.84 Å². The zero-order valence-electron chi connectivity index (χ0n) is 14.4. The molecule has 0 aromatic carbocycles. The lowest BCUT2D eigenvalue weighted by atomic mass is 10.5. The molecule has 0 aliphatic carbocycles. The Balaban J connectivity index is 1.48. The van der Waals surface area contributed by atoms with Crippen LogP contribution in [0, 0.1) is 0 Å². The molecule has 4 heterocycles. The second-order valence-electron chi connectivity index (χ2n) is 5.61. The Morgan fingerprint density at radius 1 is 1.11 bits per heavy atom. The number of aliphatic hydroxyl groups excluding tert-OH is 1. The summed E-state index contributed by atoms with van der Waals surface area (Å²) in [6.07, 6.45) is 2.81. The van der Waals surface area contributed by atoms with Crippen molar-refractivity contribution in [3.63, 3.8) is 0 Å². The molecule has 28 heavy (non-hydrogen) atoms. The van der Waals surface area contributed by atoms with Gasteiger partial charge in [0.25, 0.3) is 11.1 Å². The Bertz CT molecular complexity index is 1220. The minimum atomic E-state index is -0.419. The highest BCUT2D eigenvalue weighted by atomic mass is 16.5. The number of aromatic nitrogens is 8. The van der Waals surface area contributed by atoms with Crippen LogP contribution in [0.1, 0.15) is 0 Å². The van der Waals surface area contributed by atoms with Crippen molar-refractivity contribution < 1.29 is 9.84 Å². The fourth-order valence-electron chi connectivity index (χ4n) is 2.50.